The zero-order chi connectivity index (χ0) is 21.2. The van der Waals surface area contributed by atoms with Crippen molar-refractivity contribution in [1.82, 2.24) is 4.98 Å². The minimum absolute atomic E-state index is 0.115. The zero-order valence-corrected chi connectivity index (χ0v) is 15.0. The molecule has 0 radical (unpaired) electrons. The van der Waals surface area contributed by atoms with Gasteiger partial charge >= 0.3 is 6.15 Å². The molecule has 0 fully saturated rings. The van der Waals surface area contributed by atoms with Gasteiger partial charge in [0.15, 0.2) is 0 Å². The smallest absolute Gasteiger partial charge is 0.373 e. The summed E-state index contributed by atoms with van der Waals surface area (Å²) in [6, 6.07) is 14.2. The number of nitrogens with two attached hydrogens (primary N) is 1. The van der Waals surface area contributed by atoms with Crippen LogP contribution in [-0.2, 0) is 16.1 Å². The first kappa shape index (κ1) is 21.2. The van der Waals surface area contributed by atoms with Gasteiger partial charge in [-0.25, -0.2) is 13.8 Å². The third-order valence-corrected chi connectivity index (χ3v) is 3.62. The Labute approximate surface area is 164 Å². The summed E-state index contributed by atoms with van der Waals surface area (Å²) in [5.41, 5.74) is 7.19. The van der Waals surface area contributed by atoms with Crippen LogP contribution in [0.2, 0.25) is 0 Å². The molecule has 0 bridgehead atoms. The van der Waals surface area contributed by atoms with Crippen LogP contribution >= 0.6 is 0 Å². The first-order valence-corrected chi connectivity index (χ1v) is 8.23. The van der Waals surface area contributed by atoms with Gasteiger partial charge in [0.05, 0.1) is 11.3 Å². The average Bonchev–Trinajstić information content (AvgIpc) is 2.67. The number of primary amides is 1. The SMILES string of the molecule is NC(=O)c1cnc(Nc2ccccc2)cc1NCc1cc(F)cc(F)c1.O=C=O. The maximum atomic E-state index is 13.3. The molecular formula is C20H16F2N4O3. The molecule has 0 atom stereocenters. The van der Waals surface area contributed by atoms with E-state index in [1.807, 2.05) is 30.3 Å². The Balaban J connectivity index is 0.000000941. The van der Waals surface area contributed by atoms with Crippen LogP contribution in [0.1, 0.15) is 15.9 Å². The average molecular weight is 398 g/mol. The summed E-state index contributed by atoms with van der Waals surface area (Å²) >= 11 is 0. The Morgan fingerprint density at radius 3 is 2.24 bits per heavy atom. The lowest BCUT2D eigenvalue weighted by Gasteiger charge is -2.13. The Kier molecular flexibility index (Phi) is 7.52. The first-order valence-electron chi connectivity index (χ1n) is 8.23. The van der Waals surface area contributed by atoms with E-state index in [1.165, 1.54) is 18.3 Å². The Morgan fingerprint density at radius 1 is 1.03 bits per heavy atom. The summed E-state index contributed by atoms with van der Waals surface area (Å²) in [5.74, 6) is -1.50. The summed E-state index contributed by atoms with van der Waals surface area (Å²) in [5, 5.41) is 6.08. The minimum Gasteiger partial charge on any atom is -0.380 e. The fourth-order valence-corrected chi connectivity index (χ4v) is 2.45. The molecule has 148 valence electrons. The molecule has 0 aliphatic carbocycles. The van der Waals surface area contributed by atoms with Crippen molar-refractivity contribution in [3.63, 3.8) is 0 Å². The summed E-state index contributed by atoms with van der Waals surface area (Å²) in [4.78, 5) is 32.0. The second-order valence-electron chi connectivity index (χ2n) is 5.68. The predicted octanol–water partition coefficient (Wildman–Crippen LogP) is 3.23. The van der Waals surface area contributed by atoms with Gasteiger partial charge in [-0.1, -0.05) is 18.2 Å². The number of amides is 1. The fourth-order valence-electron chi connectivity index (χ4n) is 2.45. The van der Waals surface area contributed by atoms with Gasteiger partial charge < -0.3 is 16.4 Å². The number of pyridine rings is 1. The second kappa shape index (κ2) is 10.3. The van der Waals surface area contributed by atoms with Crippen LogP contribution in [0, 0.1) is 11.6 Å². The van der Waals surface area contributed by atoms with E-state index in [1.54, 1.807) is 6.07 Å². The van der Waals surface area contributed by atoms with Gasteiger partial charge in [0.2, 0.25) is 0 Å². The van der Waals surface area contributed by atoms with Crippen molar-refractivity contribution < 1.29 is 23.2 Å². The molecule has 0 unspecified atom stereocenters. The third kappa shape index (κ3) is 6.53. The monoisotopic (exact) mass is 398 g/mol. The Morgan fingerprint density at radius 2 is 1.66 bits per heavy atom. The van der Waals surface area contributed by atoms with E-state index < -0.39 is 17.5 Å². The molecule has 0 saturated carbocycles. The van der Waals surface area contributed by atoms with Crippen LogP contribution in [0.4, 0.5) is 26.0 Å². The lowest BCUT2D eigenvalue weighted by molar-refractivity contribution is -0.191. The van der Waals surface area contributed by atoms with Gasteiger partial charge in [-0.3, -0.25) is 4.79 Å². The molecule has 0 saturated heterocycles. The zero-order valence-electron chi connectivity index (χ0n) is 15.0. The number of nitrogens with zero attached hydrogens (tertiary/aromatic N) is 1. The molecule has 1 heterocycles. The number of hydrogen-bond acceptors (Lipinski definition) is 6. The van der Waals surface area contributed by atoms with E-state index in [2.05, 4.69) is 15.6 Å². The van der Waals surface area contributed by atoms with Crippen molar-refractivity contribution in [3.8, 4) is 0 Å². The lowest BCUT2D eigenvalue weighted by Crippen LogP contribution is -2.15. The van der Waals surface area contributed by atoms with Crippen LogP contribution < -0.4 is 16.4 Å². The molecule has 4 N–H and O–H groups in total. The molecule has 3 aromatic rings. The Hall–Kier alpha value is -4.10. The number of para-hydroxylation sites is 1. The standard InChI is InChI=1S/C19H16F2N4O.CO2/c20-13-6-12(7-14(21)8-13)10-23-17-9-18(24-11-16(17)19(22)26)25-15-4-2-1-3-5-15;2-1-3/h1-9,11H,10H2,(H2,22,26)(H2,23,24,25);. The number of halogens is 2. The number of aromatic nitrogens is 1. The quantitative estimate of drug-likeness (QED) is 0.587. The van der Waals surface area contributed by atoms with E-state index in [-0.39, 0.29) is 18.3 Å². The molecule has 29 heavy (non-hydrogen) atoms. The summed E-state index contributed by atoms with van der Waals surface area (Å²) in [6.07, 6.45) is 1.60. The predicted molar refractivity (Wildman–Crippen MR) is 101 cm³/mol. The molecule has 7 nitrogen and oxygen atoms in total. The Bertz CT molecular complexity index is 1000. The highest BCUT2D eigenvalue weighted by atomic mass is 19.1. The van der Waals surface area contributed by atoms with E-state index in [0.29, 0.717) is 17.1 Å². The van der Waals surface area contributed by atoms with Crippen LogP contribution in [0.5, 0.6) is 0 Å². The molecule has 3 rings (SSSR count). The molecule has 1 aromatic heterocycles. The normalized spacial score (nSPS) is 9.59. The van der Waals surface area contributed by atoms with Crippen LogP contribution in [0.25, 0.3) is 0 Å². The van der Waals surface area contributed by atoms with Crippen molar-refractivity contribution in [3.05, 3.63) is 83.6 Å². The van der Waals surface area contributed by atoms with Gasteiger partial charge in [0, 0.05) is 30.6 Å². The van der Waals surface area contributed by atoms with Crippen molar-refractivity contribution in [2.75, 3.05) is 10.6 Å². The second-order valence-corrected chi connectivity index (χ2v) is 5.68. The van der Waals surface area contributed by atoms with Gasteiger partial charge in [0.25, 0.3) is 5.91 Å². The van der Waals surface area contributed by atoms with Crippen LogP contribution in [0.3, 0.4) is 0 Å². The fraction of sp³-hybridized carbons (Fsp3) is 0.0500. The van der Waals surface area contributed by atoms with Crippen molar-refractivity contribution in [2.24, 2.45) is 5.73 Å². The molecule has 0 aliphatic rings. The number of nitrogens with one attached hydrogen (secondary N) is 2. The highest BCUT2D eigenvalue weighted by Gasteiger charge is 2.11. The minimum atomic E-state index is -0.668. The van der Waals surface area contributed by atoms with E-state index in [9.17, 15) is 13.6 Å². The van der Waals surface area contributed by atoms with Crippen molar-refractivity contribution >= 4 is 29.3 Å². The maximum absolute atomic E-state index is 13.3. The van der Waals surface area contributed by atoms with E-state index in [0.717, 1.165) is 11.8 Å². The topological polar surface area (TPSA) is 114 Å². The summed E-state index contributed by atoms with van der Waals surface area (Å²) < 4.78 is 26.6. The van der Waals surface area contributed by atoms with Gasteiger partial charge in [-0.2, -0.15) is 9.59 Å². The highest BCUT2D eigenvalue weighted by molar-refractivity contribution is 5.98. The maximum Gasteiger partial charge on any atom is 0.373 e. The molecule has 2 aromatic carbocycles. The van der Waals surface area contributed by atoms with Gasteiger partial charge in [0.1, 0.15) is 17.5 Å². The van der Waals surface area contributed by atoms with Crippen LogP contribution in [-0.4, -0.2) is 17.0 Å². The van der Waals surface area contributed by atoms with Gasteiger partial charge in [-0.05, 0) is 29.8 Å². The van der Waals surface area contributed by atoms with Crippen molar-refractivity contribution in [2.45, 2.75) is 6.54 Å². The van der Waals surface area contributed by atoms with Crippen molar-refractivity contribution in [1.29, 1.82) is 0 Å². The molecule has 9 heteroatoms. The molecule has 0 spiro atoms. The largest absolute Gasteiger partial charge is 0.380 e. The van der Waals surface area contributed by atoms with E-state index >= 15 is 0 Å². The summed E-state index contributed by atoms with van der Waals surface area (Å²) in [7, 11) is 0. The van der Waals surface area contributed by atoms with Crippen LogP contribution in [0.15, 0.2) is 60.8 Å². The number of carbonyl (C=O) groups is 1. The number of carbonyl (C=O) groups excluding carboxylic acids is 3. The number of rotatable bonds is 6. The molecular weight excluding hydrogens is 382 g/mol. The lowest BCUT2D eigenvalue weighted by atomic mass is 10.1. The molecule has 1 amide bonds. The van der Waals surface area contributed by atoms with Gasteiger partial charge in [-0.15, -0.1) is 0 Å². The number of hydrogen-bond donors (Lipinski definition) is 3. The third-order valence-electron chi connectivity index (χ3n) is 3.62. The number of anilines is 3. The molecule has 0 aliphatic heterocycles. The summed E-state index contributed by atoms with van der Waals surface area (Å²) in [6.45, 7) is 0.115. The van der Waals surface area contributed by atoms with E-state index in [4.69, 9.17) is 15.3 Å². The first-order chi connectivity index (χ1) is 13.9. The number of benzene rings is 2. The highest BCUT2D eigenvalue weighted by Crippen LogP contribution is 2.22.